The van der Waals surface area contributed by atoms with Gasteiger partial charge in [-0.2, -0.15) is 0 Å². The van der Waals surface area contributed by atoms with Gasteiger partial charge in [0.05, 0.1) is 11.6 Å². The average molecular weight is 261 g/mol. The Morgan fingerprint density at radius 2 is 2.28 bits per heavy atom. The monoisotopic (exact) mass is 261 g/mol. The Hall–Kier alpha value is -1.88. The minimum absolute atomic E-state index is 0.152. The fourth-order valence-electron chi connectivity index (χ4n) is 1.80. The number of thiazole rings is 1. The SMILES string of the molecule is Cc1c(NC(C)c2cncs2)cccc1C(N)=O. The van der Waals surface area contributed by atoms with Crippen molar-refractivity contribution in [1.29, 1.82) is 0 Å². The van der Waals surface area contributed by atoms with Crippen molar-refractivity contribution in [2.75, 3.05) is 5.32 Å². The predicted molar refractivity (Wildman–Crippen MR) is 73.8 cm³/mol. The number of primary amides is 1. The highest BCUT2D eigenvalue weighted by atomic mass is 32.1. The van der Waals surface area contributed by atoms with Crippen LogP contribution in [0.25, 0.3) is 0 Å². The van der Waals surface area contributed by atoms with Gasteiger partial charge in [-0.3, -0.25) is 9.78 Å². The van der Waals surface area contributed by atoms with Crippen molar-refractivity contribution in [3.63, 3.8) is 0 Å². The summed E-state index contributed by atoms with van der Waals surface area (Å²) < 4.78 is 0. The van der Waals surface area contributed by atoms with Gasteiger partial charge in [-0.25, -0.2) is 0 Å². The van der Waals surface area contributed by atoms with Crippen molar-refractivity contribution in [2.24, 2.45) is 5.73 Å². The first-order chi connectivity index (χ1) is 8.59. The molecule has 0 fully saturated rings. The minimum atomic E-state index is -0.401. The van der Waals surface area contributed by atoms with Crippen molar-refractivity contribution in [3.05, 3.63) is 45.9 Å². The van der Waals surface area contributed by atoms with E-state index in [0.717, 1.165) is 16.1 Å². The molecule has 18 heavy (non-hydrogen) atoms. The van der Waals surface area contributed by atoms with Crippen LogP contribution in [0.4, 0.5) is 5.69 Å². The summed E-state index contributed by atoms with van der Waals surface area (Å²) in [5, 5.41) is 3.37. The lowest BCUT2D eigenvalue weighted by Gasteiger charge is -2.16. The third kappa shape index (κ3) is 2.51. The summed E-state index contributed by atoms with van der Waals surface area (Å²) >= 11 is 1.60. The molecular formula is C13H15N3OS. The van der Waals surface area contributed by atoms with Crippen molar-refractivity contribution < 1.29 is 4.79 Å². The molecule has 0 aliphatic rings. The van der Waals surface area contributed by atoms with Crippen LogP contribution in [0.3, 0.4) is 0 Å². The van der Waals surface area contributed by atoms with Crippen molar-refractivity contribution in [1.82, 2.24) is 4.98 Å². The van der Waals surface area contributed by atoms with Crippen molar-refractivity contribution in [3.8, 4) is 0 Å². The molecule has 1 heterocycles. The Balaban J connectivity index is 2.24. The van der Waals surface area contributed by atoms with E-state index in [1.54, 1.807) is 22.9 Å². The molecule has 1 aromatic carbocycles. The number of hydrogen-bond acceptors (Lipinski definition) is 4. The Bertz CT molecular complexity index is 551. The quantitative estimate of drug-likeness (QED) is 0.889. The molecule has 0 saturated carbocycles. The number of hydrogen-bond donors (Lipinski definition) is 2. The highest BCUT2D eigenvalue weighted by Gasteiger charge is 2.12. The van der Waals surface area contributed by atoms with Crippen molar-refractivity contribution >= 4 is 22.9 Å². The fraction of sp³-hybridized carbons (Fsp3) is 0.231. The molecule has 2 aromatic rings. The first kappa shape index (κ1) is 12.6. The maximum Gasteiger partial charge on any atom is 0.249 e. The second-order valence-electron chi connectivity index (χ2n) is 4.11. The molecule has 0 aliphatic carbocycles. The van der Waals surface area contributed by atoms with Crippen LogP contribution in [0.2, 0.25) is 0 Å². The average Bonchev–Trinajstić information content (AvgIpc) is 2.85. The van der Waals surface area contributed by atoms with Crippen molar-refractivity contribution in [2.45, 2.75) is 19.9 Å². The number of carbonyl (C=O) groups is 1. The molecule has 94 valence electrons. The zero-order chi connectivity index (χ0) is 13.1. The smallest absolute Gasteiger partial charge is 0.249 e. The number of nitrogens with two attached hydrogens (primary N) is 1. The van der Waals surface area contributed by atoms with E-state index in [4.69, 9.17) is 5.73 Å². The van der Waals surface area contributed by atoms with E-state index in [2.05, 4.69) is 17.2 Å². The summed E-state index contributed by atoms with van der Waals surface area (Å²) in [6.07, 6.45) is 1.84. The molecular weight excluding hydrogens is 246 g/mol. The Kier molecular flexibility index (Phi) is 3.62. The molecule has 0 spiro atoms. The van der Waals surface area contributed by atoms with Crippen LogP contribution >= 0.6 is 11.3 Å². The van der Waals surface area contributed by atoms with Gasteiger partial charge in [0, 0.05) is 22.3 Å². The summed E-state index contributed by atoms with van der Waals surface area (Å²) in [5.74, 6) is -0.401. The molecule has 2 rings (SSSR count). The van der Waals surface area contributed by atoms with Gasteiger partial charge in [0.2, 0.25) is 5.91 Å². The van der Waals surface area contributed by atoms with E-state index in [-0.39, 0.29) is 6.04 Å². The van der Waals surface area contributed by atoms with Crippen LogP contribution < -0.4 is 11.1 Å². The van der Waals surface area contributed by atoms with Gasteiger partial charge in [-0.1, -0.05) is 6.07 Å². The molecule has 0 bridgehead atoms. The van der Waals surface area contributed by atoms with Gasteiger partial charge in [-0.15, -0.1) is 11.3 Å². The first-order valence-electron chi connectivity index (χ1n) is 5.64. The fourth-order valence-corrected chi connectivity index (χ4v) is 2.43. The second kappa shape index (κ2) is 5.18. The summed E-state index contributed by atoms with van der Waals surface area (Å²) in [5.41, 5.74) is 9.49. The van der Waals surface area contributed by atoms with Gasteiger partial charge < -0.3 is 11.1 Å². The summed E-state index contributed by atoms with van der Waals surface area (Å²) in [6.45, 7) is 3.95. The Morgan fingerprint density at radius 1 is 1.50 bits per heavy atom. The van der Waals surface area contributed by atoms with Gasteiger partial charge in [0.1, 0.15) is 0 Å². The predicted octanol–water partition coefficient (Wildman–Crippen LogP) is 2.72. The normalized spacial score (nSPS) is 12.1. The summed E-state index contributed by atoms with van der Waals surface area (Å²) in [4.78, 5) is 16.5. The maximum absolute atomic E-state index is 11.3. The molecule has 4 nitrogen and oxygen atoms in total. The zero-order valence-corrected chi connectivity index (χ0v) is 11.1. The molecule has 3 N–H and O–H groups in total. The lowest BCUT2D eigenvalue weighted by Crippen LogP contribution is -2.14. The number of aromatic nitrogens is 1. The lowest BCUT2D eigenvalue weighted by molar-refractivity contribution is 0.1000. The topological polar surface area (TPSA) is 68.0 Å². The number of carbonyl (C=O) groups excluding carboxylic acids is 1. The first-order valence-corrected chi connectivity index (χ1v) is 6.52. The largest absolute Gasteiger partial charge is 0.377 e. The van der Waals surface area contributed by atoms with E-state index in [1.807, 2.05) is 25.3 Å². The van der Waals surface area contributed by atoms with E-state index in [1.165, 1.54) is 0 Å². The second-order valence-corrected chi connectivity index (χ2v) is 5.03. The lowest BCUT2D eigenvalue weighted by atomic mass is 10.1. The van der Waals surface area contributed by atoms with Crippen LogP contribution in [0.1, 0.15) is 33.8 Å². The Morgan fingerprint density at radius 3 is 2.89 bits per heavy atom. The minimum Gasteiger partial charge on any atom is -0.377 e. The molecule has 1 amide bonds. The number of anilines is 1. The number of nitrogens with zero attached hydrogens (tertiary/aromatic N) is 1. The number of nitrogens with one attached hydrogen (secondary N) is 1. The van der Waals surface area contributed by atoms with E-state index in [0.29, 0.717) is 5.56 Å². The van der Waals surface area contributed by atoms with Crippen LogP contribution in [-0.2, 0) is 0 Å². The molecule has 0 aliphatic heterocycles. The molecule has 5 heteroatoms. The molecule has 0 radical (unpaired) electrons. The molecule has 1 aromatic heterocycles. The highest BCUT2D eigenvalue weighted by Crippen LogP contribution is 2.25. The zero-order valence-electron chi connectivity index (χ0n) is 10.3. The summed E-state index contributed by atoms with van der Waals surface area (Å²) in [7, 11) is 0. The molecule has 1 atom stereocenters. The van der Waals surface area contributed by atoms with Crippen LogP contribution in [0, 0.1) is 6.92 Å². The van der Waals surface area contributed by atoms with Crippen LogP contribution in [0.15, 0.2) is 29.9 Å². The summed E-state index contributed by atoms with van der Waals surface area (Å²) in [6, 6.07) is 5.66. The van der Waals surface area contributed by atoms with Gasteiger partial charge in [-0.05, 0) is 31.5 Å². The number of rotatable bonds is 4. The number of amides is 1. The van der Waals surface area contributed by atoms with Gasteiger partial charge in [0.25, 0.3) is 0 Å². The standard InChI is InChI=1S/C13H15N3OS/c1-8-10(13(14)17)4-3-5-11(8)16-9(2)12-6-15-7-18-12/h3-7,9,16H,1-2H3,(H2,14,17). The van der Waals surface area contributed by atoms with Crippen LogP contribution in [0.5, 0.6) is 0 Å². The van der Waals surface area contributed by atoms with Crippen LogP contribution in [-0.4, -0.2) is 10.9 Å². The van der Waals surface area contributed by atoms with E-state index in [9.17, 15) is 4.79 Å². The third-order valence-corrected chi connectivity index (χ3v) is 3.81. The van der Waals surface area contributed by atoms with Gasteiger partial charge in [0.15, 0.2) is 0 Å². The van der Waals surface area contributed by atoms with E-state index < -0.39 is 5.91 Å². The Labute approximate surface area is 110 Å². The van der Waals surface area contributed by atoms with E-state index >= 15 is 0 Å². The number of benzene rings is 1. The molecule has 1 unspecified atom stereocenters. The highest BCUT2D eigenvalue weighted by molar-refractivity contribution is 7.09. The van der Waals surface area contributed by atoms with Gasteiger partial charge >= 0.3 is 0 Å². The maximum atomic E-state index is 11.3. The third-order valence-electron chi connectivity index (χ3n) is 2.85. The molecule has 0 saturated heterocycles.